The third kappa shape index (κ3) is 5.40. The van der Waals surface area contributed by atoms with Crippen LogP contribution in [0, 0.1) is 5.92 Å². The number of benzene rings is 2. The number of imide groups is 1. The lowest BCUT2D eigenvalue weighted by atomic mass is 9.73. The van der Waals surface area contributed by atoms with Gasteiger partial charge in [-0.3, -0.25) is 14.6 Å². The van der Waals surface area contributed by atoms with E-state index in [9.17, 15) is 24.3 Å². The number of hydrogen-bond donors (Lipinski definition) is 2. The normalized spacial score (nSPS) is 23.2. The van der Waals surface area contributed by atoms with Crippen LogP contribution >= 0.6 is 0 Å². The summed E-state index contributed by atoms with van der Waals surface area (Å²) in [6, 6.07) is 16.6. The number of carbonyl (C=O) groups excluding carboxylic acids is 3. The van der Waals surface area contributed by atoms with Crippen molar-refractivity contribution in [3.05, 3.63) is 60.2 Å². The van der Waals surface area contributed by atoms with E-state index >= 15 is 0 Å². The average molecular weight is 564 g/mol. The van der Waals surface area contributed by atoms with Gasteiger partial charge in [0, 0.05) is 50.5 Å². The molecule has 218 valence electrons. The van der Waals surface area contributed by atoms with Gasteiger partial charge >= 0.3 is 18.2 Å². The van der Waals surface area contributed by atoms with E-state index in [0.717, 1.165) is 16.2 Å². The zero-order valence-electron chi connectivity index (χ0n) is 23.9. The summed E-state index contributed by atoms with van der Waals surface area (Å²) < 4.78 is 5.42. The first kappa shape index (κ1) is 28.3. The van der Waals surface area contributed by atoms with Crippen LogP contribution in [0.25, 0.3) is 0 Å². The monoisotopic (exact) mass is 563 g/mol. The summed E-state index contributed by atoms with van der Waals surface area (Å²) in [7, 11) is 1.48. The smallest absolute Gasteiger partial charge is 0.410 e. The fourth-order valence-corrected chi connectivity index (χ4v) is 6.02. The number of carbonyl (C=O) groups is 4. The van der Waals surface area contributed by atoms with Crippen LogP contribution in [0.4, 0.5) is 25.8 Å². The van der Waals surface area contributed by atoms with Crippen molar-refractivity contribution in [2.45, 2.75) is 50.8 Å². The lowest BCUT2D eigenvalue weighted by Crippen LogP contribution is -2.64. The summed E-state index contributed by atoms with van der Waals surface area (Å²) in [6.45, 7) is 6.84. The van der Waals surface area contributed by atoms with Crippen LogP contribution in [0.3, 0.4) is 0 Å². The maximum Gasteiger partial charge on any atom is 0.410 e. The van der Waals surface area contributed by atoms with Gasteiger partial charge in [-0.1, -0.05) is 30.3 Å². The van der Waals surface area contributed by atoms with E-state index in [1.807, 2.05) is 75.4 Å². The number of hydrogen-bond acceptors (Lipinski definition) is 6. The predicted molar refractivity (Wildman–Crippen MR) is 153 cm³/mol. The number of carboxylic acid groups (broad SMARTS) is 1. The highest BCUT2D eigenvalue weighted by Crippen LogP contribution is 2.44. The minimum atomic E-state index is -1.20. The van der Waals surface area contributed by atoms with Crippen LogP contribution in [0.1, 0.15) is 32.8 Å². The van der Waals surface area contributed by atoms with Gasteiger partial charge in [0.1, 0.15) is 11.1 Å². The van der Waals surface area contributed by atoms with Gasteiger partial charge in [-0.15, -0.1) is 0 Å². The molecule has 11 nitrogen and oxygen atoms in total. The van der Waals surface area contributed by atoms with Crippen LogP contribution in [-0.4, -0.2) is 94.3 Å². The second-order valence-corrected chi connectivity index (χ2v) is 12.0. The standard InChI is InChI=1S/C30H37N5O6/c1-29(2,3)41-28(40)34-18-23(19-34)31-22-10-12-24(13-11-22)35-26(37)32(4)25(36)30(35)14-15-33(27(38)39)17-21(30)16-20-8-6-5-7-9-20/h5-13,21,23,31H,14-19H2,1-4H3,(H,38,39). The van der Waals surface area contributed by atoms with E-state index in [1.54, 1.807) is 9.80 Å². The zero-order chi connectivity index (χ0) is 29.5. The van der Waals surface area contributed by atoms with Gasteiger partial charge in [-0.25, -0.2) is 14.4 Å². The molecule has 3 fully saturated rings. The number of likely N-dealkylation sites (tertiary alicyclic amines) is 2. The second-order valence-electron chi connectivity index (χ2n) is 12.0. The number of urea groups is 1. The van der Waals surface area contributed by atoms with Gasteiger partial charge in [0.2, 0.25) is 0 Å². The van der Waals surface area contributed by atoms with Crippen LogP contribution in [0.2, 0.25) is 0 Å². The molecular weight excluding hydrogens is 526 g/mol. The van der Waals surface area contributed by atoms with Crippen LogP contribution in [-0.2, 0) is 16.0 Å². The van der Waals surface area contributed by atoms with Crippen molar-refractivity contribution in [3.8, 4) is 0 Å². The first-order chi connectivity index (χ1) is 19.4. The Hall–Kier alpha value is -4.28. The maximum atomic E-state index is 13.8. The molecule has 2 aromatic carbocycles. The number of nitrogens with one attached hydrogen (secondary N) is 1. The number of nitrogens with zero attached hydrogens (tertiary/aromatic N) is 4. The molecule has 0 aromatic heterocycles. The Balaban J connectivity index is 1.36. The second kappa shape index (κ2) is 10.6. The van der Waals surface area contributed by atoms with Crippen molar-refractivity contribution in [3.63, 3.8) is 0 Å². The molecule has 3 saturated heterocycles. The fraction of sp³-hybridized carbons (Fsp3) is 0.467. The molecule has 0 radical (unpaired) electrons. The zero-order valence-corrected chi connectivity index (χ0v) is 23.9. The largest absolute Gasteiger partial charge is 0.465 e. The Morgan fingerprint density at radius 2 is 1.66 bits per heavy atom. The van der Waals surface area contributed by atoms with Gasteiger partial charge < -0.3 is 25.0 Å². The molecule has 11 heteroatoms. The minimum Gasteiger partial charge on any atom is -0.465 e. The van der Waals surface area contributed by atoms with Crippen LogP contribution < -0.4 is 10.2 Å². The number of anilines is 2. The third-order valence-corrected chi connectivity index (χ3v) is 8.06. The molecule has 0 bridgehead atoms. The first-order valence-corrected chi connectivity index (χ1v) is 13.9. The Morgan fingerprint density at radius 1 is 1.00 bits per heavy atom. The summed E-state index contributed by atoms with van der Waals surface area (Å²) in [5.74, 6) is -0.755. The molecule has 3 aliphatic rings. The Bertz CT molecular complexity index is 1320. The molecule has 5 rings (SSSR count). The van der Waals surface area contributed by atoms with Crippen molar-refractivity contribution >= 4 is 35.5 Å². The van der Waals surface area contributed by atoms with E-state index in [4.69, 9.17) is 4.74 Å². The topological polar surface area (TPSA) is 123 Å². The minimum absolute atomic E-state index is 0.0661. The van der Waals surface area contributed by atoms with Gasteiger partial charge in [-0.05, 0) is 63.4 Å². The van der Waals surface area contributed by atoms with E-state index < -0.39 is 29.2 Å². The highest BCUT2D eigenvalue weighted by molar-refractivity contribution is 6.17. The number of piperidine rings is 1. The molecule has 5 amide bonds. The average Bonchev–Trinajstić information content (AvgIpc) is 3.08. The van der Waals surface area contributed by atoms with Crippen LogP contribution in [0.15, 0.2) is 54.6 Å². The van der Waals surface area contributed by atoms with Crippen molar-refractivity contribution < 1.29 is 29.0 Å². The van der Waals surface area contributed by atoms with E-state index in [2.05, 4.69) is 5.32 Å². The summed E-state index contributed by atoms with van der Waals surface area (Å²) in [5.41, 5.74) is 0.618. The van der Waals surface area contributed by atoms with Crippen molar-refractivity contribution in [2.24, 2.45) is 5.92 Å². The predicted octanol–water partition coefficient (Wildman–Crippen LogP) is 4.10. The molecule has 1 spiro atoms. The summed E-state index contributed by atoms with van der Waals surface area (Å²) in [5, 5.41) is 13.1. The number of amides is 5. The van der Waals surface area contributed by atoms with Gasteiger partial charge in [0.15, 0.2) is 0 Å². The van der Waals surface area contributed by atoms with E-state index in [1.165, 1.54) is 11.9 Å². The molecule has 0 saturated carbocycles. The maximum absolute atomic E-state index is 13.8. The lowest BCUT2D eigenvalue weighted by molar-refractivity contribution is -0.133. The molecular formula is C30H37N5O6. The number of rotatable bonds is 5. The molecule has 2 atom stereocenters. The number of likely N-dealkylation sites (N-methyl/N-ethyl adjacent to an activating group) is 1. The van der Waals surface area contributed by atoms with Crippen molar-refractivity contribution in [1.29, 1.82) is 0 Å². The summed E-state index contributed by atoms with van der Waals surface area (Å²) in [6.07, 6.45) is -0.722. The van der Waals surface area contributed by atoms with E-state index in [-0.39, 0.29) is 37.6 Å². The SMILES string of the molecule is CN1C(=O)N(c2ccc(NC3CN(C(=O)OC(C)(C)C)C3)cc2)C2(CCN(C(=O)O)CC2Cc2ccccc2)C1=O. The highest BCUT2D eigenvalue weighted by Gasteiger charge is 2.62. The molecule has 0 aliphatic carbocycles. The molecule has 2 unspecified atom stereocenters. The molecule has 2 aromatic rings. The Morgan fingerprint density at radius 3 is 2.27 bits per heavy atom. The van der Waals surface area contributed by atoms with Gasteiger partial charge in [0.25, 0.3) is 5.91 Å². The molecule has 3 heterocycles. The quantitative estimate of drug-likeness (QED) is 0.525. The first-order valence-electron chi connectivity index (χ1n) is 13.9. The van der Waals surface area contributed by atoms with Crippen molar-refractivity contribution in [1.82, 2.24) is 14.7 Å². The van der Waals surface area contributed by atoms with Gasteiger partial charge in [0.05, 0.1) is 6.04 Å². The molecule has 3 aliphatic heterocycles. The molecule has 2 N–H and O–H groups in total. The highest BCUT2D eigenvalue weighted by atomic mass is 16.6. The fourth-order valence-electron chi connectivity index (χ4n) is 6.02. The summed E-state index contributed by atoms with van der Waals surface area (Å²) in [4.78, 5) is 57.2. The third-order valence-electron chi connectivity index (χ3n) is 8.06. The summed E-state index contributed by atoms with van der Waals surface area (Å²) >= 11 is 0. The Labute approximate surface area is 239 Å². The van der Waals surface area contributed by atoms with Crippen LogP contribution in [0.5, 0.6) is 0 Å². The molecule has 41 heavy (non-hydrogen) atoms. The van der Waals surface area contributed by atoms with Gasteiger partial charge in [-0.2, -0.15) is 0 Å². The Kier molecular flexibility index (Phi) is 7.31. The van der Waals surface area contributed by atoms with Crippen molar-refractivity contribution in [2.75, 3.05) is 43.4 Å². The lowest BCUT2D eigenvalue weighted by Gasteiger charge is -2.47. The van der Waals surface area contributed by atoms with E-state index in [0.29, 0.717) is 25.2 Å². The number of ether oxygens (including phenoxy) is 1.